The number of imide groups is 1. The van der Waals surface area contributed by atoms with Gasteiger partial charge in [-0.1, -0.05) is 0 Å². The molecule has 2 N–H and O–H groups in total. The van der Waals surface area contributed by atoms with Crippen LogP contribution >= 0.6 is 0 Å². The number of piperazine rings is 1. The molecular weight excluding hydrogens is 343 g/mol. The predicted octanol–water partition coefficient (Wildman–Crippen LogP) is 0.471. The molecule has 26 heavy (non-hydrogen) atoms. The number of urea groups is 1. The summed E-state index contributed by atoms with van der Waals surface area (Å²) >= 11 is 0. The molecule has 0 spiro atoms. The Morgan fingerprint density at radius 3 is 2.58 bits per heavy atom. The fourth-order valence-corrected chi connectivity index (χ4v) is 3.15. The van der Waals surface area contributed by atoms with Crippen molar-refractivity contribution in [2.75, 3.05) is 38.2 Å². The Hall–Kier alpha value is -2.84. The van der Waals surface area contributed by atoms with Crippen LogP contribution in [0.3, 0.4) is 0 Å². The molecular formula is C17H21FN4O4. The molecule has 1 unspecified atom stereocenters. The molecule has 4 amide bonds. The van der Waals surface area contributed by atoms with E-state index in [2.05, 4.69) is 10.6 Å². The average molecular weight is 364 g/mol. The molecule has 2 aliphatic heterocycles. The maximum absolute atomic E-state index is 13.6. The van der Waals surface area contributed by atoms with Crippen LogP contribution in [0.25, 0.3) is 0 Å². The molecule has 1 atom stereocenters. The summed E-state index contributed by atoms with van der Waals surface area (Å²) in [5, 5.41) is 4.63. The van der Waals surface area contributed by atoms with E-state index in [1.807, 2.05) is 4.90 Å². The van der Waals surface area contributed by atoms with Crippen molar-refractivity contribution in [3.8, 4) is 5.75 Å². The Bertz CT molecular complexity index is 719. The summed E-state index contributed by atoms with van der Waals surface area (Å²) in [4.78, 5) is 38.6. The van der Waals surface area contributed by atoms with E-state index in [0.717, 1.165) is 5.69 Å². The summed E-state index contributed by atoms with van der Waals surface area (Å²) in [5.74, 6) is -0.367. The number of nitrogens with zero attached hydrogens (tertiary/aromatic N) is 2. The number of hydrogen-bond acceptors (Lipinski definition) is 5. The fourth-order valence-electron chi connectivity index (χ4n) is 3.15. The van der Waals surface area contributed by atoms with E-state index in [4.69, 9.17) is 4.74 Å². The second-order valence-corrected chi connectivity index (χ2v) is 6.27. The van der Waals surface area contributed by atoms with E-state index >= 15 is 0 Å². The molecule has 0 radical (unpaired) electrons. The molecule has 0 saturated carbocycles. The highest BCUT2D eigenvalue weighted by atomic mass is 19.1. The molecule has 2 heterocycles. The van der Waals surface area contributed by atoms with Gasteiger partial charge in [-0.05, 0) is 12.5 Å². The first-order valence-electron chi connectivity index (χ1n) is 8.45. The minimum atomic E-state index is -0.646. The van der Waals surface area contributed by atoms with Crippen molar-refractivity contribution in [2.45, 2.75) is 18.9 Å². The summed E-state index contributed by atoms with van der Waals surface area (Å²) in [6.45, 7) is 2.19. The molecule has 2 aliphatic rings. The number of methoxy groups -OCH3 is 1. The first kappa shape index (κ1) is 18.0. The quantitative estimate of drug-likeness (QED) is 0.742. The van der Waals surface area contributed by atoms with Crippen LogP contribution in [0.5, 0.6) is 5.75 Å². The Morgan fingerprint density at radius 2 is 1.96 bits per heavy atom. The minimum absolute atomic E-state index is 0.0598. The second kappa shape index (κ2) is 7.59. The van der Waals surface area contributed by atoms with Gasteiger partial charge in [0.2, 0.25) is 5.91 Å². The largest absolute Gasteiger partial charge is 0.497 e. The third-order valence-corrected chi connectivity index (χ3v) is 4.59. The first-order chi connectivity index (χ1) is 12.5. The van der Waals surface area contributed by atoms with Crippen LogP contribution in [0.2, 0.25) is 0 Å². The van der Waals surface area contributed by atoms with Crippen molar-refractivity contribution >= 4 is 23.5 Å². The zero-order valence-electron chi connectivity index (χ0n) is 14.5. The first-order valence-corrected chi connectivity index (χ1v) is 8.45. The van der Waals surface area contributed by atoms with E-state index in [1.165, 1.54) is 19.2 Å². The lowest BCUT2D eigenvalue weighted by molar-refractivity contribution is -0.131. The zero-order valence-corrected chi connectivity index (χ0v) is 14.5. The van der Waals surface area contributed by atoms with Gasteiger partial charge in [-0.3, -0.25) is 14.9 Å². The smallest absolute Gasteiger partial charge is 0.322 e. The standard InChI is InChI=1S/C17H21FN4O4/c1-26-13-9-11(18)8-12(10-13)21-4-6-22(7-5-21)15(23)3-2-14-16(24)20-17(25)19-14/h8-10,14H,2-7H2,1H3,(H2,19,20,24,25). The molecule has 0 aromatic heterocycles. The van der Waals surface area contributed by atoms with Gasteiger partial charge in [0, 0.05) is 50.4 Å². The van der Waals surface area contributed by atoms with Crippen molar-refractivity contribution in [3.63, 3.8) is 0 Å². The maximum atomic E-state index is 13.6. The molecule has 8 nitrogen and oxygen atoms in total. The molecule has 0 bridgehead atoms. The van der Waals surface area contributed by atoms with Gasteiger partial charge in [0.15, 0.2) is 0 Å². The lowest BCUT2D eigenvalue weighted by Gasteiger charge is -2.36. The number of nitrogens with one attached hydrogen (secondary N) is 2. The predicted molar refractivity (Wildman–Crippen MR) is 91.4 cm³/mol. The minimum Gasteiger partial charge on any atom is -0.497 e. The van der Waals surface area contributed by atoms with E-state index < -0.39 is 18.0 Å². The third-order valence-electron chi connectivity index (χ3n) is 4.59. The Morgan fingerprint density at radius 1 is 1.23 bits per heavy atom. The van der Waals surface area contributed by atoms with Gasteiger partial charge in [0.1, 0.15) is 17.6 Å². The van der Waals surface area contributed by atoms with E-state index in [-0.39, 0.29) is 24.6 Å². The van der Waals surface area contributed by atoms with Crippen molar-refractivity contribution in [1.29, 1.82) is 0 Å². The van der Waals surface area contributed by atoms with Gasteiger partial charge in [0.25, 0.3) is 5.91 Å². The number of hydrogen-bond donors (Lipinski definition) is 2. The fraction of sp³-hybridized carbons (Fsp3) is 0.471. The Labute approximate surface area is 150 Å². The number of anilines is 1. The van der Waals surface area contributed by atoms with E-state index in [9.17, 15) is 18.8 Å². The van der Waals surface area contributed by atoms with Crippen LogP contribution in [0, 0.1) is 5.82 Å². The normalized spacial score (nSPS) is 20.0. The molecule has 1 aromatic rings. The van der Waals surface area contributed by atoms with Gasteiger partial charge in [0.05, 0.1) is 7.11 Å². The molecule has 140 valence electrons. The summed E-state index contributed by atoms with van der Waals surface area (Å²) in [6, 6.07) is 3.36. The Kier molecular flexibility index (Phi) is 5.24. The summed E-state index contributed by atoms with van der Waals surface area (Å²) < 4.78 is 18.7. The summed E-state index contributed by atoms with van der Waals surface area (Å²) in [7, 11) is 1.49. The van der Waals surface area contributed by atoms with E-state index in [1.54, 1.807) is 11.0 Å². The highest BCUT2D eigenvalue weighted by Gasteiger charge is 2.30. The SMILES string of the molecule is COc1cc(F)cc(N2CCN(C(=O)CCC3NC(=O)NC3=O)CC2)c1. The number of ether oxygens (including phenoxy) is 1. The van der Waals surface area contributed by atoms with Crippen LogP contribution in [0.4, 0.5) is 14.9 Å². The number of benzene rings is 1. The number of carbonyl (C=O) groups is 3. The molecule has 3 rings (SSSR count). The molecule has 0 aliphatic carbocycles. The lowest BCUT2D eigenvalue weighted by Crippen LogP contribution is -2.49. The monoisotopic (exact) mass is 364 g/mol. The van der Waals surface area contributed by atoms with Crippen molar-refractivity contribution < 1.29 is 23.5 Å². The third kappa shape index (κ3) is 4.04. The number of rotatable bonds is 5. The van der Waals surface area contributed by atoms with Crippen molar-refractivity contribution in [3.05, 3.63) is 24.0 Å². The van der Waals surface area contributed by atoms with Crippen molar-refractivity contribution in [2.24, 2.45) is 0 Å². The van der Waals surface area contributed by atoms with Gasteiger partial charge in [-0.15, -0.1) is 0 Å². The van der Waals surface area contributed by atoms with Gasteiger partial charge >= 0.3 is 6.03 Å². The topological polar surface area (TPSA) is 91.0 Å². The van der Waals surface area contributed by atoms with Crippen LogP contribution in [0.1, 0.15) is 12.8 Å². The number of halogens is 1. The number of amides is 4. The maximum Gasteiger partial charge on any atom is 0.322 e. The van der Waals surface area contributed by atoms with Crippen molar-refractivity contribution in [1.82, 2.24) is 15.5 Å². The zero-order chi connectivity index (χ0) is 18.7. The van der Waals surface area contributed by atoms with Crippen LogP contribution in [-0.2, 0) is 9.59 Å². The molecule has 2 saturated heterocycles. The van der Waals surface area contributed by atoms with Crippen LogP contribution in [-0.4, -0.2) is 62.1 Å². The lowest BCUT2D eigenvalue weighted by atomic mass is 10.1. The average Bonchev–Trinajstić information content (AvgIpc) is 2.96. The number of carbonyl (C=O) groups excluding carboxylic acids is 3. The molecule has 1 aromatic carbocycles. The highest BCUT2D eigenvalue weighted by Crippen LogP contribution is 2.24. The Balaban J connectivity index is 1.50. The van der Waals surface area contributed by atoms with Gasteiger partial charge < -0.3 is 19.9 Å². The molecule has 2 fully saturated rings. The molecule has 9 heteroatoms. The van der Waals surface area contributed by atoms with Gasteiger partial charge in [-0.2, -0.15) is 0 Å². The summed E-state index contributed by atoms with van der Waals surface area (Å²) in [5.41, 5.74) is 0.722. The summed E-state index contributed by atoms with van der Waals surface area (Å²) in [6.07, 6.45) is 0.462. The van der Waals surface area contributed by atoms with Crippen LogP contribution < -0.4 is 20.3 Å². The van der Waals surface area contributed by atoms with E-state index in [0.29, 0.717) is 31.9 Å². The second-order valence-electron chi connectivity index (χ2n) is 6.27. The van der Waals surface area contributed by atoms with Crippen LogP contribution in [0.15, 0.2) is 18.2 Å². The highest BCUT2D eigenvalue weighted by molar-refractivity contribution is 6.04. The van der Waals surface area contributed by atoms with Gasteiger partial charge in [-0.25, -0.2) is 9.18 Å².